The van der Waals surface area contributed by atoms with Gasteiger partial charge in [-0.05, 0) is 36.6 Å². The van der Waals surface area contributed by atoms with Crippen LogP contribution < -0.4 is 0 Å². The van der Waals surface area contributed by atoms with Crippen LogP contribution >= 0.6 is 11.3 Å². The van der Waals surface area contributed by atoms with Gasteiger partial charge in [0.25, 0.3) is 0 Å². The van der Waals surface area contributed by atoms with Gasteiger partial charge in [0.2, 0.25) is 0 Å². The lowest BCUT2D eigenvalue weighted by atomic mass is 9.73. The highest BCUT2D eigenvalue weighted by Crippen LogP contribution is 2.38. The predicted octanol–water partition coefficient (Wildman–Crippen LogP) is 3.07. The Morgan fingerprint density at radius 3 is 3.29 bits per heavy atom. The lowest BCUT2D eigenvalue weighted by molar-refractivity contribution is 0.0862. The topological polar surface area (TPSA) is 17.1 Å². The molecule has 0 fully saturated rings. The van der Waals surface area contributed by atoms with Gasteiger partial charge in [0.1, 0.15) is 0 Å². The Hall–Kier alpha value is -0.890. The Bertz CT molecular complexity index is 402. The van der Waals surface area contributed by atoms with E-state index in [9.17, 15) is 4.79 Å². The molecule has 1 nitrogen and oxygen atoms in total. The highest BCUT2D eigenvalue weighted by Gasteiger charge is 2.35. The zero-order chi connectivity index (χ0) is 9.54. The maximum Gasteiger partial charge on any atom is 0.167 e. The van der Waals surface area contributed by atoms with E-state index in [0.717, 1.165) is 24.8 Å². The largest absolute Gasteiger partial charge is 0.294 e. The monoisotopic (exact) mass is 204 g/mol. The van der Waals surface area contributed by atoms with E-state index in [1.54, 1.807) is 11.3 Å². The summed E-state index contributed by atoms with van der Waals surface area (Å²) >= 11 is 1.73. The van der Waals surface area contributed by atoms with Gasteiger partial charge in [0.15, 0.2) is 5.78 Å². The maximum atomic E-state index is 12.1. The summed E-state index contributed by atoms with van der Waals surface area (Å²) < 4.78 is 0. The zero-order valence-electron chi connectivity index (χ0n) is 7.90. The van der Waals surface area contributed by atoms with Crippen molar-refractivity contribution in [3.8, 4) is 0 Å². The van der Waals surface area contributed by atoms with E-state index in [0.29, 0.717) is 11.7 Å². The van der Waals surface area contributed by atoms with Crippen LogP contribution in [0.15, 0.2) is 23.6 Å². The average molecular weight is 204 g/mol. The van der Waals surface area contributed by atoms with Crippen molar-refractivity contribution in [3.05, 3.63) is 34.0 Å². The first kappa shape index (κ1) is 8.42. The minimum atomic E-state index is 0.280. The predicted molar refractivity (Wildman–Crippen MR) is 57.7 cm³/mol. The number of Topliss-reactive ketones (excluding diaryl/α,β-unsaturated/α-hetero) is 1. The molecule has 0 aliphatic heterocycles. The van der Waals surface area contributed by atoms with Gasteiger partial charge in [-0.15, -0.1) is 11.3 Å². The minimum Gasteiger partial charge on any atom is -0.294 e. The molecule has 0 bridgehead atoms. The average Bonchev–Trinajstić information content (AvgIpc) is 2.66. The SMILES string of the molecule is O=C1c2ccsc2CC2C=CCCC12. The van der Waals surface area contributed by atoms with Crippen LogP contribution in [0.25, 0.3) is 0 Å². The zero-order valence-corrected chi connectivity index (χ0v) is 8.72. The molecule has 2 aliphatic rings. The van der Waals surface area contributed by atoms with Crippen LogP contribution in [0.5, 0.6) is 0 Å². The van der Waals surface area contributed by atoms with Crippen molar-refractivity contribution in [2.45, 2.75) is 19.3 Å². The molecule has 2 heteroatoms. The van der Waals surface area contributed by atoms with E-state index in [1.807, 2.05) is 11.4 Å². The molecule has 2 aliphatic carbocycles. The summed E-state index contributed by atoms with van der Waals surface area (Å²) in [6.07, 6.45) is 7.68. The third kappa shape index (κ3) is 1.10. The molecule has 0 spiro atoms. The van der Waals surface area contributed by atoms with Crippen LogP contribution in [0.3, 0.4) is 0 Å². The van der Waals surface area contributed by atoms with Crippen molar-refractivity contribution in [2.24, 2.45) is 11.8 Å². The van der Waals surface area contributed by atoms with Gasteiger partial charge in [0.05, 0.1) is 0 Å². The van der Waals surface area contributed by atoms with E-state index < -0.39 is 0 Å². The van der Waals surface area contributed by atoms with Crippen molar-refractivity contribution in [1.82, 2.24) is 0 Å². The fourth-order valence-electron chi connectivity index (χ4n) is 2.56. The fourth-order valence-corrected chi connectivity index (χ4v) is 3.52. The number of hydrogen-bond donors (Lipinski definition) is 0. The number of rotatable bonds is 0. The summed E-state index contributed by atoms with van der Waals surface area (Å²) in [6.45, 7) is 0. The van der Waals surface area contributed by atoms with Crippen molar-refractivity contribution in [3.63, 3.8) is 0 Å². The molecule has 0 radical (unpaired) electrons. The van der Waals surface area contributed by atoms with Crippen LogP contribution in [0.4, 0.5) is 0 Å². The van der Waals surface area contributed by atoms with E-state index in [1.165, 1.54) is 4.88 Å². The van der Waals surface area contributed by atoms with Gasteiger partial charge in [-0.3, -0.25) is 4.79 Å². The van der Waals surface area contributed by atoms with Crippen molar-refractivity contribution in [1.29, 1.82) is 0 Å². The van der Waals surface area contributed by atoms with Crippen molar-refractivity contribution < 1.29 is 4.79 Å². The van der Waals surface area contributed by atoms with Gasteiger partial charge < -0.3 is 0 Å². The van der Waals surface area contributed by atoms with E-state index >= 15 is 0 Å². The lowest BCUT2D eigenvalue weighted by Gasteiger charge is -2.30. The maximum absolute atomic E-state index is 12.1. The van der Waals surface area contributed by atoms with Crippen LogP contribution in [0.2, 0.25) is 0 Å². The van der Waals surface area contributed by atoms with Crippen molar-refractivity contribution >= 4 is 17.1 Å². The van der Waals surface area contributed by atoms with Gasteiger partial charge >= 0.3 is 0 Å². The third-order valence-electron chi connectivity index (χ3n) is 3.31. The summed E-state index contributed by atoms with van der Waals surface area (Å²) in [4.78, 5) is 13.4. The third-order valence-corrected chi connectivity index (χ3v) is 4.26. The molecule has 14 heavy (non-hydrogen) atoms. The summed E-state index contributed by atoms with van der Waals surface area (Å²) in [5.74, 6) is 1.16. The molecule has 0 aromatic carbocycles. The number of thiophene rings is 1. The van der Waals surface area contributed by atoms with E-state index in [2.05, 4.69) is 12.2 Å². The lowest BCUT2D eigenvalue weighted by Crippen LogP contribution is -2.30. The molecule has 72 valence electrons. The summed E-state index contributed by atoms with van der Waals surface area (Å²) in [7, 11) is 0. The molecule has 2 atom stereocenters. The number of hydrogen-bond acceptors (Lipinski definition) is 2. The minimum absolute atomic E-state index is 0.280. The number of allylic oxidation sites excluding steroid dienone is 2. The smallest absolute Gasteiger partial charge is 0.167 e. The Morgan fingerprint density at radius 1 is 1.43 bits per heavy atom. The molecule has 0 saturated carbocycles. The first-order valence-electron chi connectivity index (χ1n) is 5.13. The van der Waals surface area contributed by atoms with Crippen molar-refractivity contribution in [2.75, 3.05) is 0 Å². The summed E-state index contributed by atoms with van der Waals surface area (Å²) in [5, 5.41) is 2.05. The highest BCUT2D eigenvalue weighted by molar-refractivity contribution is 7.10. The Balaban J connectivity index is 2.06. The van der Waals surface area contributed by atoms with E-state index in [-0.39, 0.29) is 5.92 Å². The van der Waals surface area contributed by atoms with Gasteiger partial charge in [-0.1, -0.05) is 12.2 Å². The Kier molecular flexibility index (Phi) is 1.84. The molecule has 3 rings (SSSR count). The molecular formula is C12H12OS. The van der Waals surface area contributed by atoms with Gasteiger partial charge in [0, 0.05) is 16.4 Å². The van der Waals surface area contributed by atoms with Crippen LogP contribution in [-0.4, -0.2) is 5.78 Å². The quantitative estimate of drug-likeness (QED) is 0.593. The molecule has 1 aromatic rings. The summed E-state index contributed by atoms with van der Waals surface area (Å²) in [6, 6.07) is 2.00. The Labute approximate surface area is 87.5 Å². The van der Waals surface area contributed by atoms with Gasteiger partial charge in [-0.2, -0.15) is 0 Å². The standard InChI is InChI=1S/C12H12OS/c13-12-9-4-2-1-3-8(9)7-11-10(12)5-6-14-11/h1,3,5-6,8-9H,2,4,7H2. The van der Waals surface area contributed by atoms with Crippen LogP contribution in [0.1, 0.15) is 28.1 Å². The number of fused-ring (bicyclic) bond motifs is 2. The number of ketones is 1. The highest BCUT2D eigenvalue weighted by atomic mass is 32.1. The molecule has 0 amide bonds. The normalized spacial score (nSPS) is 29.9. The van der Waals surface area contributed by atoms with E-state index in [4.69, 9.17) is 0 Å². The number of carbonyl (C=O) groups is 1. The molecule has 2 unspecified atom stereocenters. The number of carbonyl (C=O) groups excluding carboxylic acids is 1. The molecule has 0 N–H and O–H groups in total. The summed E-state index contributed by atoms with van der Waals surface area (Å²) in [5.41, 5.74) is 1.01. The molecule has 0 saturated heterocycles. The first-order chi connectivity index (χ1) is 6.86. The Morgan fingerprint density at radius 2 is 2.36 bits per heavy atom. The van der Waals surface area contributed by atoms with Gasteiger partial charge in [-0.25, -0.2) is 0 Å². The second-order valence-electron chi connectivity index (χ2n) is 4.10. The fraction of sp³-hybridized carbons (Fsp3) is 0.417. The molecule has 1 heterocycles. The molecular weight excluding hydrogens is 192 g/mol. The van der Waals surface area contributed by atoms with Crippen LogP contribution in [0, 0.1) is 11.8 Å². The second kappa shape index (κ2) is 3.06. The molecule has 1 aromatic heterocycles. The van der Waals surface area contributed by atoms with Crippen LogP contribution in [-0.2, 0) is 6.42 Å². The first-order valence-corrected chi connectivity index (χ1v) is 6.01. The second-order valence-corrected chi connectivity index (χ2v) is 5.10.